The number of rotatable bonds is 6. The van der Waals surface area contributed by atoms with Crippen molar-refractivity contribution in [3.05, 3.63) is 47.6 Å². The Labute approximate surface area is 110 Å². The van der Waals surface area contributed by atoms with Crippen LogP contribution < -0.4 is 4.74 Å². The number of thiol groups is 1. The van der Waals surface area contributed by atoms with Gasteiger partial charge in [-0.25, -0.2) is 0 Å². The molecule has 0 atom stereocenters. The van der Waals surface area contributed by atoms with Crippen molar-refractivity contribution in [2.75, 3.05) is 12.4 Å². The Kier molecular flexibility index (Phi) is 6.56. The van der Waals surface area contributed by atoms with Crippen LogP contribution in [0.5, 0.6) is 5.75 Å². The van der Waals surface area contributed by atoms with Crippen molar-refractivity contribution in [2.45, 2.75) is 20.3 Å². The molecule has 0 aromatic heterocycles. The largest absolute Gasteiger partial charge is 0.494 e. The zero-order valence-corrected chi connectivity index (χ0v) is 11.4. The summed E-state index contributed by atoms with van der Waals surface area (Å²) in [5.74, 6) is 1.79. The minimum absolute atomic E-state index is 0.733. The van der Waals surface area contributed by atoms with E-state index in [9.17, 15) is 0 Å². The Hall–Kier alpha value is -1.15. The van der Waals surface area contributed by atoms with Gasteiger partial charge in [0.2, 0.25) is 0 Å². The molecule has 0 fully saturated rings. The highest BCUT2D eigenvalue weighted by atomic mass is 32.1. The molecule has 0 saturated heterocycles. The lowest BCUT2D eigenvalue weighted by atomic mass is 10.2. The molecule has 92 valence electrons. The average Bonchev–Trinajstić information content (AvgIpc) is 2.31. The van der Waals surface area contributed by atoms with Crippen LogP contribution in [0.25, 0.3) is 6.08 Å². The van der Waals surface area contributed by atoms with Crippen molar-refractivity contribution in [1.29, 1.82) is 0 Å². The van der Waals surface area contributed by atoms with E-state index in [2.05, 4.69) is 56.8 Å². The predicted molar refractivity (Wildman–Crippen MR) is 78.9 cm³/mol. The molecule has 0 spiro atoms. The van der Waals surface area contributed by atoms with E-state index in [4.69, 9.17) is 4.74 Å². The third kappa shape index (κ3) is 6.22. The lowest BCUT2D eigenvalue weighted by Crippen LogP contribution is -1.97. The highest BCUT2D eigenvalue weighted by Crippen LogP contribution is 2.13. The Morgan fingerprint density at radius 3 is 2.53 bits per heavy atom. The van der Waals surface area contributed by atoms with Crippen molar-refractivity contribution in [2.24, 2.45) is 0 Å². The zero-order valence-electron chi connectivity index (χ0n) is 10.5. The molecular formula is C15H20OS. The Morgan fingerprint density at radius 1 is 1.24 bits per heavy atom. The number of ether oxygens (including phenoxy) is 1. The molecule has 1 rings (SSSR count). The van der Waals surface area contributed by atoms with E-state index in [-0.39, 0.29) is 0 Å². The molecule has 2 heteroatoms. The van der Waals surface area contributed by atoms with Crippen LogP contribution in [0.1, 0.15) is 25.8 Å². The molecule has 1 aromatic carbocycles. The molecule has 0 aliphatic carbocycles. The molecule has 0 aliphatic rings. The zero-order chi connectivity index (χ0) is 12.5. The van der Waals surface area contributed by atoms with Crippen LogP contribution in [0, 0.1) is 0 Å². The summed E-state index contributed by atoms with van der Waals surface area (Å²) in [5, 5.41) is 0. The van der Waals surface area contributed by atoms with Gasteiger partial charge in [-0.15, -0.1) is 0 Å². The van der Waals surface area contributed by atoms with Gasteiger partial charge < -0.3 is 4.74 Å². The first kappa shape index (κ1) is 13.9. The van der Waals surface area contributed by atoms with E-state index < -0.39 is 0 Å². The van der Waals surface area contributed by atoms with Crippen molar-refractivity contribution < 1.29 is 4.74 Å². The number of hydrogen-bond donors (Lipinski definition) is 1. The topological polar surface area (TPSA) is 9.23 Å². The first-order chi connectivity index (χ1) is 8.22. The fourth-order valence-corrected chi connectivity index (χ4v) is 1.41. The van der Waals surface area contributed by atoms with Crippen LogP contribution in [0.3, 0.4) is 0 Å². The number of benzene rings is 1. The van der Waals surface area contributed by atoms with E-state index in [1.807, 2.05) is 12.1 Å². The molecule has 0 bridgehead atoms. The fourth-order valence-electron chi connectivity index (χ4n) is 1.28. The quantitative estimate of drug-likeness (QED) is 0.447. The molecule has 0 N–H and O–H groups in total. The van der Waals surface area contributed by atoms with E-state index in [0.717, 1.165) is 24.5 Å². The smallest absolute Gasteiger partial charge is 0.119 e. The molecule has 0 aliphatic heterocycles. The van der Waals surface area contributed by atoms with Gasteiger partial charge in [-0.05, 0) is 43.7 Å². The summed E-state index contributed by atoms with van der Waals surface area (Å²) >= 11 is 4.14. The Morgan fingerprint density at radius 2 is 1.94 bits per heavy atom. The van der Waals surface area contributed by atoms with Crippen LogP contribution in [0.15, 0.2) is 42.0 Å². The SMILES string of the molecule is CC(C)=C/C=C/c1ccc(OCCCS)cc1. The monoisotopic (exact) mass is 248 g/mol. The highest BCUT2D eigenvalue weighted by Gasteiger charge is 1.92. The van der Waals surface area contributed by atoms with Gasteiger partial charge in [-0.2, -0.15) is 12.6 Å². The molecule has 0 heterocycles. The second kappa shape index (κ2) is 8.02. The molecule has 0 unspecified atom stereocenters. The fraction of sp³-hybridized carbons (Fsp3) is 0.333. The summed E-state index contributed by atoms with van der Waals surface area (Å²) in [4.78, 5) is 0. The van der Waals surface area contributed by atoms with Crippen LogP contribution in [0.4, 0.5) is 0 Å². The minimum Gasteiger partial charge on any atom is -0.494 e. The van der Waals surface area contributed by atoms with Gasteiger partial charge in [0, 0.05) is 0 Å². The van der Waals surface area contributed by atoms with E-state index in [0.29, 0.717) is 0 Å². The van der Waals surface area contributed by atoms with Crippen LogP contribution in [0.2, 0.25) is 0 Å². The Balaban J connectivity index is 2.50. The normalized spacial score (nSPS) is 10.5. The standard InChI is InChI=1S/C15H20OS/c1-13(2)5-3-6-14-7-9-15(10-8-14)16-11-4-12-17/h3,5-10,17H,4,11-12H2,1-2H3/b6-3+. The Bertz CT molecular complexity index is 372. The van der Waals surface area contributed by atoms with Gasteiger partial charge in [-0.1, -0.05) is 35.9 Å². The molecule has 0 amide bonds. The molecule has 1 aromatic rings. The summed E-state index contributed by atoms with van der Waals surface area (Å²) in [6.07, 6.45) is 7.22. The second-order valence-electron chi connectivity index (χ2n) is 4.10. The number of allylic oxidation sites excluding steroid dienone is 3. The molecule has 17 heavy (non-hydrogen) atoms. The van der Waals surface area contributed by atoms with Gasteiger partial charge in [0.15, 0.2) is 0 Å². The van der Waals surface area contributed by atoms with Crippen molar-refractivity contribution >= 4 is 18.7 Å². The number of hydrogen-bond acceptors (Lipinski definition) is 2. The predicted octanol–water partition coefficient (Wildman–Crippen LogP) is 4.36. The lowest BCUT2D eigenvalue weighted by Gasteiger charge is -2.04. The summed E-state index contributed by atoms with van der Waals surface area (Å²) < 4.78 is 5.56. The van der Waals surface area contributed by atoms with Gasteiger partial charge in [0.25, 0.3) is 0 Å². The lowest BCUT2D eigenvalue weighted by molar-refractivity contribution is 0.319. The van der Waals surface area contributed by atoms with E-state index >= 15 is 0 Å². The molecule has 1 nitrogen and oxygen atoms in total. The third-order valence-corrected chi connectivity index (χ3v) is 2.49. The van der Waals surface area contributed by atoms with Gasteiger partial charge in [-0.3, -0.25) is 0 Å². The third-order valence-electron chi connectivity index (χ3n) is 2.17. The maximum absolute atomic E-state index is 5.56. The maximum Gasteiger partial charge on any atom is 0.119 e. The van der Waals surface area contributed by atoms with Crippen LogP contribution >= 0.6 is 12.6 Å². The molecular weight excluding hydrogens is 228 g/mol. The highest BCUT2D eigenvalue weighted by molar-refractivity contribution is 7.80. The van der Waals surface area contributed by atoms with Gasteiger partial charge in [0.05, 0.1) is 6.61 Å². The average molecular weight is 248 g/mol. The van der Waals surface area contributed by atoms with Crippen molar-refractivity contribution in [3.8, 4) is 5.75 Å². The maximum atomic E-state index is 5.56. The summed E-state index contributed by atoms with van der Waals surface area (Å²) in [7, 11) is 0. The van der Waals surface area contributed by atoms with Gasteiger partial charge in [0.1, 0.15) is 5.75 Å². The van der Waals surface area contributed by atoms with Crippen molar-refractivity contribution in [3.63, 3.8) is 0 Å². The van der Waals surface area contributed by atoms with Crippen LogP contribution in [-0.2, 0) is 0 Å². The van der Waals surface area contributed by atoms with Crippen LogP contribution in [-0.4, -0.2) is 12.4 Å². The van der Waals surface area contributed by atoms with Gasteiger partial charge >= 0.3 is 0 Å². The molecule has 0 saturated carbocycles. The van der Waals surface area contributed by atoms with E-state index in [1.54, 1.807) is 0 Å². The summed E-state index contributed by atoms with van der Waals surface area (Å²) in [6.45, 7) is 4.90. The summed E-state index contributed by atoms with van der Waals surface area (Å²) in [5.41, 5.74) is 2.48. The van der Waals surface area contributed by atoms with E-state index in [1.165, 1.54) is 11.1 Å². The molecule has 0 radical (unpaired) electrons. The first-order valence-corrected chi connectivity index (χ1v) is 6.51. The second-order valence-corrected chi connectivity index (χ2v) is 4.55. The first-order valence-electron chi connectivity index (χ1n) is 5.87. The minimum atomic E-state index is 0.733. The summed E-state index contributed by atoms with van der Waals surface area (Å²) in [6, 6.07) is 8.12. The van der Waals surface area contributed by atoms with Crippen molar-refractivity contribution in [1.82, 2.24) is 0 Å².